The number of nitriles is 1. The van der Waals surface area contributed by atoms with Crippen LogP contribution in [0, 0.1) is 11.3 Å². The van der Waals surface area contributed by atoms with Crippen LogP contribution in [0.2, 0.25) is 0 Å². The normalized spacial score (nSPS) is 11.0. The summed E-state index contributed by atoms with van der Waals surface area (Å²) in [6, 6.07) is 12.4. The van der Waals surface area contributed by atoms with Crippen molar-refractivity contribution in [3.8, 4) is 11.8 Å². The van der Waals surface area contributed by atoms with Gasteiger partial charge >= 0.3 is 0 Å². The van der Waals surface area contributed by atoms with Gasteiger partial charge in [0.25, 0.3) is 5.91 Å². The largest absolute Gasteiger partial charge is 0.492 e. The molecule has 7 nitrogen and oxygen atoms in total. The summed E-state index contributed by atoms with van der Waals surface area (Å²) in [5.41, 5.74) is 1.05. The Bertz CT molecular complexity index is 945. The molecule has 0 bridgehead atoms. The van der Waals surface area contributed by atoms with Crippen LogP contribution in [0.5, 0.6) is 5.75 Å². The lowest BCUT2D eigenvalue weighted by molar-refractivity contribution is 0.102. The van der Waals surface area contributed by atoms with E-state index in [1.165, 1.54) is 44.4 Å². The fourth-order valence-electron chi connectivity index (χ4n) is 2.16. The quantitative estimate of drug-likeness (QED) is 0.838. The second-order valence-electron chi connectivity index (χ2n) is 5.52. The third kappa shape index (κ3) is 4.20. The van der Waals surface area contributed by atoms with Crippen LogP contribution in [0.1, 0.15) is 22.8 Å². The summed E-state index contributed by atoms with van der Waals surface area (Å²) in [6.07, 6.45) is 0. The number of hydrogen-bond acceptors (Lipinski definition) is 5. The Morgan fingerprint density at radius 1 is 1.19 bits per heavy atom. The van der Waals surface area contributed by atoms with Gasteiger partial charge in [0.2, 0.25) is 10.0 Å². The van der Waals surface area contributed by atoms with E-state index in [4.69, 9.17) is 10.00 Å². The molecule has 0 heterocycles. The minimum absolute atomic E-state index is 0.0977. The summed E-state index contributed by atoms with van der Waals surface area (Å²) >= 11 is 0. The van der Waals surface area contributed by atoms with Gasteiger partial charge in [-0.25, -0.2) is 12.7 Å². The lowest BCUT2D eigenvalue weighted by Crippen LogP contribution is -2.22. The van der Waals surface area contributed by atoms with Gasteiger partial charge in [-0.15, -0.1) is 0 Å². The van der Waals surface area contributed by atoms with Gasteiger partial charge in [0, 0.05) is 19.7 Å². The van der Waals surface area contributed by atoms with Gasteiger partial charge in [-0.2, -0.15) is 5.26 Å². The Labute approximate surface area is 152 Å². The number of nitrogens with one attached hydrogen (secondary N) is 1. The second-order valence-corrected chi connectivity index (χ2v) is 7.67. The van der Waals surface area contributed by atoms with Crippen molar-refractivity contribution >= 4 is 21.6 Å². The van der Waals surface area contributed by atoms with Crippen molar-refractivity contribution in [1.82, 2.24) is 4.31 Å². The summed E-state index contributed by atoms with van der Waals surface area (Å²) in [4.78, 5) is 12.6. The van der Waals surface area contributed by atoms with Crippen LogP contribution in [0.25, 0.3) is 0 Å². The Kier molecular flexibility index (Phi) is 5.97. The maximum Gasteiger partial charge on any atom is 0.255 e. The summed E-state index contributed by atoms with van der Waals surface area (Å²) in [6.45, 7) is 2.22. The first-order chi connectivity index (χ1) is 12.3. The fourth-order valence-corrected chi connectivity index (χ4v) is 3.06. The molecule has 0 aliphatic heterocycles. The Morgan fingerprint density at radius 2 is 1.85 bits per heavy atom. The number of ether oxygens (including phenoxy) is 1. The van der Waals surface area contributed by atoms with Crippen LogP contribution >= 0.6 is 0 Å². The Morgan fingerprint density at radius 3 is 2.38 bits per heavy atom. The molecule has 0 fully saturated rings. The van der Waals surface area contributed by atoms with E-state index in [-0.39, 0.29) is 10.5 Å². The minimum atomic E-state index is -3.56. The number of sulfonamides is 1. The number of benzene rings is 2. The highest BCUT2D eigenvalue weighted by molar-refractivity contribution is 7.89. The molecule has 1 N–H and O–H groups in total. The number of rotatable bonds is 6. The zero-order valence-corrected chi connectivity index (χ0v) is 15.5. The van der Waals surface area contributed by atoms with Crippen molar-refractivity contribution in [2.24, 2.45) is 0 Å². The molecular formula is C18H19N3O4S. The van der Waals surface area contributed by atoms with E-state index in [1.54, 1.807) is 12.1 Å². The maximum atomic E-state index is 12.5. The molecule has 0 saturated carbocycles. The van der Waals surface area contributed by atoms with Crippen LogP contribution < -0.4 is 10.1 Å². The highest BCUT2D eigenvalue weighted by atomic mass is 32.2. The minimum Gasteiger partial charge on any atom is -0.492 e. The molecule has 2 aromatic carbocycles. The molecule has 26 heavy (non-hydrogen) atoms. The summed E-state index contributed by atoms with van der Waals surface area (Å²) in [5, 5.41) is 11.7. The lowest BCUT2D eigenvalue weighted by Gasteiger charge is -2.13. The van der Waals surface area contributed by atoms with Gasteiger partial charge in [-0.1, -0.05) is 0 Å². The van der Waals surface area contributed by atoms with Crippen LogP contribution in [-0.2, 0) is 10.0 Å². The topological polar surface area (TPSA) is 99.5 Å². The summed E-state index contributed by atoms with van der Waals surface area (Å²) < 4.78 is 30.7. The third-order valence-corrected chi connectivity index (χ3v) is 5.38. The van der Waals surface area contributed by atoms with Crippen LogP contribution in [0.4, 0.5) is 5.69 Å². The predicted octanol–water partition coefficient (Wildman–Crippen LogP) is 2.46. The average Bonchev–Trinajstić information content (AvgIpc) is 2.63. The third-order valence-electron chi connectivity index (χ3n) is 3.55. The maximum absolute atomic E-state index is 12.5. The average molecular weight is 373 g/mol. The van der Waals surface area contributed by atoms with Crippen molar-refractivity contribution in [2.45, 2.75) is 11.8 Å². The molecule has 0 radical (unpaired) electrons. The monoisotopic (exact) mass is 373 g/mol. The van der Waals surface area contributed by atoms with Crippen molar-refractivity contribution < 1.29 is 17.9 Å². The summed E-state index contributed by atoms with van der Waals surface area (Å²) in [5.74, 6) is 0.0153. The Hall–Kier alpha value is -2.89. The second kappa shape index (κ2) is 7.99. The highest BCUT2D eigenvalue weighted by Crippen LogP contribution is 2.26. The first-order valence-electron chi connectivity index (χ1n) is 7.80. The van der Waals surface area contributed by atoms with E-state index in [0.717, 1.165) is 4.31 Å². The van der Waals surface area contributed by atoms with Gasteiger partial charge in [-0.3, -0.25) is 4.79 Å². The zero-order valence-electron chi connectivity index (χ0n) is 14.7. The first kappa shape index (κ1) is 19.4. The van der Waals surface area contributed by atoms with Gasteiger partial charge < -0.3 is 10.1 Å². The molecule has 0 aromatic heterocycles. The van der Waals surface area contributed by atoms with Crippen molar-refractivity contribution in [1.29, 1.82) is 5.26 Å². The van der Waals surface area contributed by atoms with Gasteiger partial charge in [0.05, 0.1) is 28.8 Å². The molecule has 0 saturated heterocycles. The molecule has 0 aliphatic carbocycles. The van der Waals surface area contributed by atoms with E-state index in [1.807, 2.05) is 13.0 Å². The first-order valence-corrected chi connectivity index (χ1v) is 9.24. The number of carbonyl (C=O) groups is 1. The predicted molar refractivity (Wildman–Crippen MR) is 97.6 cm³/mol. The van der Waals surface area contributed by atoms with E-state index < -0.39 is 15.9 Å². The molecule has 0 atom stereocenters. The zero-order chi connectivity index (χ0) is 19.3. The van der Waals surface area contributed by atoms with Gasteiger partial charge in [-0.05, 0) is 49.4 Å². The number of amides is 1. The molecular weight excluding hydrogens is 354 g/mol. The molecule has 2 rings (SSSR count). The summed E-state index contributed by atoms with van der Waals surface area (Å²) in [7, 11) is -0.680. The SMILES string of the molecule is CCOc1ccc(C#N)cc1NC(=O)c1ccc(S(=O)(=O)N(C)C)cc1. The van der Waals surface area contributed by atoms with Crippen LogP contribution in [0.15, 0.2) is 47.4 Å². The van der Waals surface area contributed by atoms with Crippen LogP contribution in [-0.4, -0.2) is 39.3 Å². The molecule has 0 unspecified atom stereocenters. The van der Waals surface area contributed by atoms with Gasteiger partial charge in [0.1, 0.15) is 5.75 Å². The Balaban J connectivity index is 2.27. The van der Waals surface area contributed by atoms with E-state index >= 15 is 0 Å². The van der Waals surface area contributed by atoms with E-state index in [0.29, 0.717) is 23.6 Å². The molecule has 0 spiro atoms. The van der Waals surface area contributed by atoms with E-state index in [2.05, 4.69) is 5.32 Å². The smallest absolute Gasteiger partial charge is 0.255 e. The van der Waals surface area contributed by atoms with E-state index in [9.17, 15) is 13.2 Å². The van der Waals surface area contributed by atoms with Gasteiger partial charge in [0.15, 0.2) is 0 Å². The number of carbonyl (C=O) groups excluding carboxylic acids is 1. The lowest BCUT2D eigenvalue weighted by atomic mass is 10.1. The molecule has 8 heteroatoms. The van der Waals surface area contributed by atoms with Crippen LogP contribution in [0.3, 0.4) is 0 Å². The van der Waals surface area contributed by atoms with Crippen molar-refractivity contribution in [2.75, 3.05) is 26.0 Å². The molecule has 0 aliphatic rings. The number of anilines is 1. The van der Waals surface area contributed by atoms with Crippen molar-refractivity contribution in [3.05, 3.63) is 53.6 Å². The standard InChI is InChI=1S/C18H19N3O4S/c1-4-25-17-10-5-13(12-19)11-16(17)20-18(22)14-6-8-15(9-7-14)26(23,24)21(2)3/h5-11H,4H2,1-3H3,(H,20,22). The highest BCUT2D eigenvalue weighted by Gasteiger charge is 2.18. The number of hydrogen-bond donors (Lipinski definition) is 1. The fraction of sp³-hybridized carbons (Fsp3) is 0.222. The van der Waals surface area contributed by atoms with Crippen molar-refractivity contribution in [3.63, 3.8) is 0 Å². The number of nitrogens with zero attached hydrogens (tertiary/aromatic N) is 2. The molecule has 136 valence electrons. The molecule has 1 amide bonds. The molecule has 2 aromatic rings.